The van der Waals surface area contributed by atoms with Crippen LogP contribution in [0.2, 0.25) is 0 Å². The van der Waals surface area contributed by atoms with Crippen LogP contribution in [-0.2, 0) is 0 Å². The number of nitrogens with two attached hydrogens (primary N) is 1. The van der Waals surface area contributed by atoms with E-state index >= 15 is 0 Å². The first-order chi connectivity index (χ1) is 16.5. The van der Waals surface area contributed by atoms with E-state index in [1.165, 1.54) is 5.56 Å². The summed E-state index contributed by atoms with van der Waals surface area (Å²) in [4.78, 5) is 7.33. The highest BCUT2D eigenvalue weighted by Crippen LogP contribution is 2.30. The van der Waals surface area contributed by atoms with Crippen LogP contribution >= 0.6 is 0 Å². The fraction of sp³-hybridized carbons (Fsp3) is 0.360. The second-order valence-corrected chi connectivity index (χ2v) is 9.20. The molecule has 0 aliphatic carbocycles. The molecule has 0 radical (unpaired) electrons. The van der Waals surface area contributed by atoms with E-state index in [-0.39, 0.29) is 6.04 Å². The van der Waals surface area contributed by atoms with Gasteiger partial charge in [0.25, 0.3) is 0 Å². The lowest BCUT2D eigenvalue weighted by molar-refractivity contribution is 0.367. The second kappa shape index (κ2) is 9.26. The molecule has 0 amide bonds. The number of H-pyrrole nitrogens is 1. The van der Waals surface area contributed by atoms with Crippen molar-refractivity contribution in [1.82, 2.24) is 30.7 Å². The Kier molecular flexibility index (Phi) is 6.02. The standard InChI is InChI=1S/C25H31N9/c1-15(2)21-14-34(12-11-27-21)25-24(28-16(3)17-7-5-4-6-8-17)33-32-23(29-25)18-9-10-20-19(13-18)22(26)31-30-20/h4-10,13,15-16,21,27H,11-12,14H2,1-3H3,(H,28,33)(H3,26,30,31)/t16?,21-/m1/s1. The molecule has 0 saturated carbocycles. The largest absolute Gasteiger partial charge is 0.382 e. The number of anilines is 3. The van der Waals surface area contributed by atoms with Gasteiger partial charge < -0.3 is 21.3 Å². The number of fused-ring (bicyclic) bond motifs is 1. The molecule has 5 N–H and O–H groups in total. The van der Waals surface area contributed by atoms with Gasteiger partial charge in [0.2, 0.25) is 0 Å². The second-order valence-electron chi connectivity index (χ2n) is 9.20. The van der Waals surface area contributed by atoms with Gasteiger partial charge in [-0.05, 0) is 36.6 Å². The van der Waals surface area contributed by atoms with Crippen LogP contribution in [-0.4, -0.2) is 51.1 Å². The van der Waals surface area contributed by atoms with Gasteiger partial charge in [-0.3, -0.25) is 5.10 Å². The minimum atomic E-state index is 0.0628. The van der Waals surface area contributed by atoms with Crippen LogP contribution in [0.3, 0.4) is 0 Å². The number of nitrogens with zero attached hydrogens (tertiary/aromatic N) is 5. The molecule has 1 aliphatic heterocycles. The summed E-state index contributed by atoms with van der Waals surface area (Å²) >= 11 is 0. The molecule has 1 fully saturated rings. The molecule has 176 valence electrons. The Balaban J connectivity index is 1.53. The molecule has 3 heterocycles. The Morgan fingerprint density at radius 3 is 2.71 bits per heavy atom. The first-order valence-corrected chi connectivity index (χ1v) is 11.8. The van der Waals surface area contributed by atoms with E-state index in [4.69, 9.17) is 10.7 Å². The topological polar surface area (TPSA) is 121 Å². The number of piperazine rings is 1. The lowest BCUT2D eigenvalue weighted by Crippen LogP contribution is -2.53. The maximum absolute atomic E-state index is 6.02. The van der Waals surface area contributed by atoms with Crippen molar-refractivity contribution in [2.75, 3.05) is 35.6 Å². The zero-order valence-electron chi connectivity index (χ0n) is 19.8. The third-order valence-electron chi connectivity index (χ3n) is 6.48. The number of benzene rings is 2. The molecule has 9 nitrogen and oxygen atoms in total. The fourth-order valence-electron chi connectivity index (χ4n) is 4.37. The molecular weight excluding hydrogens is 426 g/mol. The summed E-state index contributed by atoms with van der Waals surface area (Å²) in [5.74, 6) is 3.05. The normalized spacial score (nSPS) is 17.3. The lowest BCUT2D eigenvalue weighted by Gasteiger charge is -2.37. The molecular formula is C25H31N9. The predicted octanol–water partition coefficient (Wildman–Crippen LogP) is 3.60. The van der Waals surface area contributed by atoms with Crippen LogP contribution in [0.25, 0.3) is 22.3 Å². The summed E-state index contributed by atoms with van der Waals surface area (Å²) in [5.41, 5.74) is 8.94. The van der Waals surface area contributed by atoms with Crippen molar-refractivity contribution in [2.45, 2.75) is 32.9 Å². The summed E-state index contributed by atoms with van der Waals surface area (Å²) in [7, 11) is 0. The Hall–Kier alpha value is -3.72. The Bertz CT molecular complexity index is 1270. The Morgan fingerprint density at radius 2 is 1.91 bits per heavy atom. The molecule has 2 atom stereocenters. The van der Waals surface area contributed by atoms with Crippen molar-refractivity contribution in [3.63, 3.8) is 0 Å². The van der Waals surface area contributed by atoms with E-state index < -0.39 is 0 Å². The van der Waals surface area contributed by atoms with E-state index in [1.807, 2.05) is 36.4 Å². The van der Waals surface area contributed by atoms with Crippen LogP contribution in [0.5, 0.6) is 0 Å². The number of aromatic nitrogens is 5. The van der Waals surface area contributed by atoms with E-state index in [1.54, 1.807) is 0 Å². The van der Waals surface area contributed by atoms with Gasteiger partial charge in [-0.25, -0.2) is 4.98 Å². The van der Waals surface area contributed by atoms with Crippen molar-refractivity contribution in [3.8, 4) is 11.4 Å². The summed E-state index contributed by atoms with van der Waals surface area (Å²) in [6.07, 6.45) is 0. The number of nitrogen functional groups attached to an aromatic ring is 1. The van der Waals surface area contributed by atoms with E-state index in [0.717, 1.165) is 41.9 Å². The minimum Gasteiger partial charge on any atom is -0.382 e. The van der Waals surface area contributed by atoms with E-state index in [2.05, 4.69) is 68.8 Å². The van der Waals surface area contributed by atoms with E-state index in [0.29, 0.717) is 29.4 Å². The highest BCUT2D eigenvalue weighted by Gasteiger charge is 2.26. The highest BCUT2D eigenvalue weighted by atomic mass is 15.3. The molecule has 2 aromatic carbocycles. The molecule has 2 aromatic heterocycles. The molecule has 0 spiro atoms. The maximum atomic E-state index is 6.02. The maximum Gasteiger partial charge on any atom is 0.192 e. The molecule has 1 unspecified atom stereocenters. The van der Waals surface area contributed by atoms with Crippen molar-refractivity contribution in [3.05, 3.63) is 54.1 Å². The summed E-state index contributed by atoms with van der Waals surface area (Å²) in [5, 5.41) is 24.2. The highest BCUT2D eigenvalue weighted by molar-refractivity contribution is 5.91. The van der Waals surface area contributed by atoms with Crippen LogP contribution in [0, 0.1) is 5.92 Å². The van der Waals surface area contributed by atoms with Gasteiger partial charge in [-0.1, -0.05) is 44.2 Å². The van der Waals surface area contributed by atoms with Crippen LogP contribution in [0.1, 0.15) is 32.4 Å². The lowest BCUT2D eigenvalue weighted by atomic mass is 10.0. The predicted molar refractivity (Wildman–Crippen MR) is 137 cm³/mol. The monoisotopic (exact) mass is 457 g/mol. The smallest absolute Gasteiger partial charge is 0.192 e. The number of hydrogen-bond acceptors (Lipinski definition) is 8. The van der Waals surface area contributed by atoms with Crippen LogP contribution < -0.4 is 21.3 Å². The van der Waals surface area contributed by atoms with Crippen molar-refractivity contribution in [1.29, 1.82) is 0 Å². The molecule has 4 aromatic rings. The Morgan fingerprint density at radius 1 is 1.09 bits per heavy atom. The zero-order valence-corrected chi connectivity index (χ0v) is 19.8. The number of rotatable bonds is 6. The first-order valence-electron chi connectivity index (χ1n) is 11.8. The number of hydrogen-bond donors (Lipinski definition) is 4. The van der Waals surface area contributed by atoms with Crippen LogP contribution in [0.4, 0.5) is 17.5 Å². The summed E-state index contributed by atoms with van der Waals surface area (Å²) < 4.78 is 0. The first kappa shape index (κ1) is 22.1. The molecule has 1 aliphatic rings. The average molecular weight is 458 g/mol. The van der Waals surface area contributed by atoms with Crippen molar-refractivity contribution in [2.24, 2.45) is 5.92 Å². The average Bonchev–Trinajstić information content (AvgIpc) is 3.24. The van der Waals surface area contributed by atoms with Crippen molar-refractivity contribution < 1.29 is 0 Å². The molecule has 5 rings (SSSR count). The summed E-state index contributed by atoms with van der Waals surface area (Å²) in [6, 6.07) is 16.6. The van der Waals surface area contributed by atoms with Crippen molar-refractivity contribution >= 4 is 28.4 Å². The summed E-state index contributed by atoms with van der Waals surface area (Å²) in [6.45, 7) is 9.21. The minimum absolute atomic E-state index is 0.0628. The number of nitrogens with one attached hydrogen (secondary N) is 3. The van der Waals surface area contributed by atoms with Gasteiger partial charge in [0.05, 0.1) is 11.6 Å². The third kappa shape index (κ3) is 4.38. The van der Waals surface area contributed by atoms with Gasteiger partial charge in [0, 0.05) is 36.6 Å². The van der Waals surface area contributed by atoms with Gasteiger partial charge in [0.1, 0.15) is 0 Å². The van der Waals surface area contributed by atoms with Gasteiger partial charge in [-0.2, -0.15) is 5.10 Å². The van der Waals surface area contributed by atoms with Gasteiger partial charge >= 0.3 is 0 Å². The molecule has 0 bridgehead atoms. The zero-order chi connectivity index (χ0) is 23.7. The number of aromatic amines is 1. The van der Waals surface area contributed by atoms with Crippen LogP contribution in [0.15, 0.2) is 48.5 Å². The molecule has 9 heteroatoms. The Labute approximate surface area is 199 Å². The quantitative estimate of drug-likeness (QED) is 0.347. The SMILES string of the molecule is CC(Nc1nnc(-c2ccc3[nH]nc(N)c3c2)nc1N1CCN[C@@H](C(C)C)C1)c1ccccc1. The fourth-order valence-corrected chi connectivity index (χ4v) is 4.37. The third-order valence-corrected chi connectivity index (χ3v) is 6.48. The van der Waals surface area contributed by atoms with E-state index in [9.17, 15) is 0 Å². The van der Waals surface area contributed by atoms with Gasteiger partial charge in [-0.15, -0.1) is 10.2 Å². The molecule has 1 saturated heterocycles. The molecule has 34 heavy (non-hydrogen) atoms. The van der Waals surface area contributed by atoms with Gasteiger partial charge in [0.15, 0.2) is 23.3 Å².